The van der Waals surface area contributed by atoms with E-state index in [4.69, 9.17) is 0 Å². The Bertz CT molecular complexity index is 1550. The van der Waals surface area contributed by atoms with Gasteiger partial charge in [0.1, 0.15) is 0 Å². The summed E-state index contributed by atoms with van der Waals surface area (Å²) in [6.45, 7) is 0. The van der Waals surface area contributed by atoms with E-state index in [-0.39, 0.29) is 5.43 Å². The van der Waals surface area contributed by atoms with Gasteiger partial charge in [-0.3, -0.25) is 4.79 Å². The quantitative estimate of drug-likeness (QED) is 0.271. The fourth-order valence-corrected chi connectivity index (χ4v) is 4.72. The third-order valence-corrected chi connectivity index (χ3v) is 6.21. The molecule has 0 atom stereocenters. The number of benzene rings is 5. The molecule has 6 rings (SSSR count). The first kappa shape index (κ1) is 19.3. The lowest BCUT2D eigenvalue weighted by Crippen LogP contribution is -2.11. The first-order valence-electron chi connectivity index (χ1n) is 11.1. The molecule has 0 aliphatic carbocycles. The molecule has 0 saturated heterocycles. The zero-order valence-electron chi connectivity index (χ0n) is 18.0. The van der Waals surface area contributed by atoms with E-state index in [1.807, 2.05) is 60.7 Å². The van der Waals surface area contributed by atoms with Crippen LogP contribution in [-0.4, -0.2) is 4.57 Å². The Morgan fingerprint density at radius 3 is 1.33 bits per heavy atom. The fraction of sp³-hybridized carbons (Fsp3) is 0. The first-order valence-corrected chi connectivity index (χ1v) is 11.1. The van der Waals surface area contributed by atoms with Gasteiger partial charge in [0.15, 0.2) is 5.43 Å². The first-order chi connectivity index (χ1) is 16.3. The van der Waals surface area contributed by atoms with Gasteiger partial charge in [0.05, 0.1) is 16.7 Å². The van der Waals surface area contributed by atoms with Gasteiger partial charge in [0.2, 0.25) is 0 Å². The molecule has 6 aromatic rings. The Labute approximate surface area is 192 Å². The van der Waals surface area contributed by atoms with Crippen molar-refractivity contribution in [2.75, 3.05) is 0 Å². The predicted molar refractivity (Wildman–Crippen MR) is 138 cm³/mol. The molecule has 156 valence electrons. The molecule has 0 fully saturated rings. The Morgan fingerprint density at radius 1 is 0.424 bits per heavy atom. The van der Waals surface area contributed by atoms with Crippen LogP contribution in [0.4, 0.5) is 0 Å². The molecular weight excluding hydrogens is 402 g/mol. The molecule has 33 heavy (non-hydrogen) atoms. The SMILES string of the molecule is O=c1c2ccccc2n(-c2c(-c3ccccc3)cccc2-c2ccccc2)c2ccccc12. The topological polar surface area (TPSA) is 22.0 Å². The normalized spacial score (nSPS) is 11.2. The Morgan fingerprint density at radius 2 is 0.848 bits per heavy atom. The van der Waals surface area contributed by atoms with Crippen molar-refractivity contribution in [1.82, 2.24) is 4.57 Å². The largest absolute Gasteiger partial charge is 0.308 e. The molecule has 0 saturated carbocycles. The molecule has 0 spiro atoms. The molecule has 0 radical (unpaired) electrons. The van der Waals surface area contributed by atoms with Gasteiger partial charge in [-0.05, 0) is 35.4 Å². The zero-order valence-corrected chi connectivity index (χ0v) is 18.0. The second-order valence-corrected chi connectivity index (χ2v) is 8.13. The van der Waals surface area contributed by atoms with E-state index in [0.29, 0.717) is 0 Å². The van der Waals surface area contributed by atoms with E-state index in [1.165, 1.54) is 0 Å². The van der Waals surface area contributed by atoms with Gasteiger partial charge < -0.3 is 4.57 Å². The molecule has 0 amide bonds. The second kappa shape index (κ2) is 7.92. The maximum absolute atomic E-state index is 13.4. The standard InChI is InChI=1S/C31H21NO/c33-31-26-16-7-9-20-28(26)32(29-21-10-8-17-27(29)31)30-24(22-12-3-1-4-13-22)18-11-19-25(30)23-14-5-2-6-15-23/h1-21H. The van der Waals surface area contributed by atoms with Crippen LogP contribution in [0.15, 0.2) is 132 Å². The average Bonchev–Trinajstić information content (AvgIpc) is 2.90. The Balaban J connectivity index is 1.86. The van der Waals surface area contributed by atoms with Gasteiger partial charge in [-0.2, -0.15) is 0 Å². The summed E-state index contributed by atoms with van der Waals surface area (Å²) < 4.78 is 2.26. The monoisotopic (exact) mass is 423 g/mol. The number of rotatable bonds is 3. The molecule has 1 aromatic heterocycles. The summed E-state index contributed by atoms with van der Waals surface area (Å²) in [4.78, 5) is 13.4. The number of nitrogens with zero attached hydrogens (tertiary/aromatic N) is 1. The molecular formula is C31H21NO. The fourth-order valence-electron chi connectivity index (χ4n) is 4.72. The van der Waals surface area contributed by atoms with Crippen molar-refractivity contribution in [3.05, 3.63) is 138 Å². The number of hydrogen-bond acceptors (Lipinski definition) is 1. The van der Waals surface area contributed by atoms with Gasteiger partial charge in [-0.15, -0.1) is 0 Å². The van der Waals surface area contributed by atoms with Gasteiger partial charge in [-0.25, -0.2) is 0 Å². The molecule has 1 heterocycles. The summed E-state index contributed by atoms with van der Waals surface area (Å²) in [6.07, 6.45) is 0. The van der Waals surface area contributed by atoms with Gasteiger partial charge in [0.25, 0.3) is 0 Å². The molecule has 5 aromatic carbocycles. The Kier molecular flexibility index (Phi) is 4.63. The maximum Gasteiger partial charge on any atom is 0.197 e. The summed E-state index contributed by atoms with van der Waals surface area (Å²) in [7, 11) is 0. The van der Waals surface area contributed by atoms with Crippen molar-refractivity contribution in [3.8, 4) is 27.9 Å². The van der Waals surface area contributed by atoms with E-state index in [0.717, 1.165) is 49.7 Å². The molecule has 2 heteroatoms. The molecule has 0 aliphatic heterocycles. The lowest BCUT2D eigenvalue weighted by Gasteiger charge is -2.22. The number of para-hydroxylation sites is 3. The predicted octanol–water partition coefficient (Wildman–Crippen LogP) is 7.48. The van der Waals surface area contributed by atoms with Crippen LogP contribution in [0.25, 0.3) is 49.7 Å². The van der Waals surface area contributed by atoms with Crippen LogP contribution in [0.1, 0.15) is 0 Å². The van der Waals surface area contributed by atoms with E-state index >= 15 is 0 Å². The average molecular weight is 424 g/mol. The van der Waals surface area contributed by atoms with Gasteiger partial charge >= 0.3 is 0 Å². The summed E-state index contributed by atoms with van der Waals surface area (Å²) >= 11 is 0. The van der Waals surface area contributed by atoms with Crippen molar-refractivity contribution in [3.63, 3.8) is 0 Å². The van der Waals surface area contributed by atoms with Crippen LogP contribution in [0, 0.1) is 0 Å². The van der Waals surface area contributed by atoms with E-state index in [2.05, 4.69) is 71.3 Å². The highest BCUT2D eigenvalue weighted by Gasteiger charge is 2.18. The maximum atomic E-state index is 13.4. The number of aromatic nitrogens is 1. The zero-order chi connectivity index (χ0) is 22.2. The number of pyridine rings is 1. The summed E-state index contributed by atoms with van der Waals surface area (Å²) in [6, 6.07) is 43.1. The molecule has 0 aliphatic rings. The van der Waals surface area contributed by atoms with E-state index in [1.54, 1.807) is 0 Å². The highest BCUT2D eigenvalue weighted by Crippen LogP contribution is 2.38. The van der Waals surface area contributed by atoms with Crippen molar-refractivity contribution >= 4 is 21.8 Å². The highest BCUT2D eigenvalue weighted by molar-refractivity contribution is 5.99. The van der Waals surface area contributed by atoms with E-state index < -0.39 is 0 Å². The van der Waals surface area contributed by atoms with E-state index in [9.17, 15) is 4.79 Å². The minimum Gasteiger partial charge on any atom is -0.308 e. The number of hydrogen-bond donors (Lipinski definition) is 0. The molecule has 2 nitrogen and oxygen atoms in total. The van der Waals surface area contributed by atoms with Crippen molar-refractivity contribution in [2.45, 2.75) is 0 Å². The molecule has 0 unspecified atom stereocenters. The van der Waals surface area contributed by atoms with Crippen molar-refractivity contribution < 1.29 is 0 Å². The third kappa shape index (κ3) is 3.16. The second-order valence-electron chi connectivity index (χ2n) is 8.13. The third-order valence-electron chi connectivity index (χ3n) is 6.21. The summed E-state index contributed by atoms with van der Waals surface area (Å²) in [5, 5.41) is 1.44. The van der Waals surface area contributed by atoms with Gasteiger partial charge in [0, 0.05) is 21.9 Å². The molecule has 0 N–H and O–H groups in total. The van der Waals surface area contributed by atoms with Crippen LogP contribution in [0.5, 0.6) is 0 Å². The summed E-state index contributed by atoms with van der Waals surface area (Å²) in [5.74, 6) is 0. The van der Waals surface area contributed by atoms with Gasteiger partial charge in [-0.1, -0.05) is 103 Å². The van der Waals surface area contributed by atoms with Crippen molar-refractivity contribution in [1.29, 1.82) is 0 Å². The van der Waals surface area contributed by atoms with Crippen LogP contribution in [0.2, 0.25) is 0 Å². The van der Waals surface area contributed by atoms with Crippen LogP contribution in [-0.2, 0) is 0 Å². The highest BCUT2D eigenvalue weighted by atomic mass is 16.1. The van der Waals surface area contributed by atoms with Crippen LogP contribution >= 0.6 is 0 Å². The molecule has 0 bridgehead atoms. The lowest BCUT2D eigenvalue weighted by atomic mass is 9.94. The number of fused-ring (bicyclic) bond motifs is 2. The lowest BCUT2D eigenvalue weighted by molar-refractivity contribution is 1.16. The minimum atomic E-state index is 0.0657. The smallest absolute Gasteiger partial charge is 0.197 e. The van der Waals surface area contributed by atoms with Crippen LogP contribution < -0.4 is 5.43 Å². The Hall–Kier alpha value is -4.43. The minimum absolute atomic E-state index is 0.0657. The van der Waals surface area contributed by atoms with Crippen LogP contribution in [0.3, 0.4) is 0 Å². The summed E-state index contributed by atoms with van der Waals surface area (Å²) in [5.41, 5.74) is 7.46. The van der Waals surface area contributed by atoms with Crippen molar-refractivity contribution in [2.24, 2.45) is 0 Å².